The number of aromatic hydroxyl groups is 1. The number of phenols is 1. The van der Waals surface area contributed by atoms with Crippen molar-refractivity contribution in [3.63, 3.8) is 0 Å². The molecular formula is C13H18ClNO3. The highest BCUT2D eigenvalue weighted by Crippen LogP contribution is 2.24. The average molecular weight is 272 g/mol. The number of carbonyl (C=O) groups is 1. The third-order valence-corrected chi connectivity index (χ3v) is 2.93. The van der Waals surface area contributed by atoms with Crippen molar-refractivity contribution < 1.29 is 14.6 Å². The van der Waals surface area contributed by atoms with Crippen molar-refractivity contribution in [2.45, 2.75) is 13.3 Å². The van der Waals surface area contributed by atoms with Gasteiger partial charge in [-0.05, 0) is 25.5 Å². The molecule has 1 aromatic carbocycles. The highest BCUT2D eigenvalue weighted by molar-refractivity contribution is 6.17. The van der Waals surface area contributed by atoms with Gasteiger partial charge in [-0.2, -0.15) is 0 Å². The van der Waals surface area contributed by atoms with Crippen molar-refractivity contribution in [3.05, 3.63) is 23.8 Å². The van der Waals surface area contributed by atoms with E-state index in [0.29, 0.717) is 24.7 Å². The molecule has 0 fully saturated rings. The fraction of sp³-hybridized carbons (Fsp3) is 0.462. The molecule has 0 saturated carbocycles. The second-order valence-electron chi connectivity index (χ2n) is 3.81. The SMILES string of the molecule is CCN(CCCCl)C(=O)c1ccc(OC)cc1O. The molecule has 1 rings (SSSR count). The van der Waals surface area contributed by atoms with Crippen molar-refractivity contribution in [1.29, 1.82) is 0 Å². The van der Waals surface area contributed by atoms with Gasteiger partial charge >= 0.3 is 0 Å². The summed E-state index contributed by atoms with van der Waals surface area (Å²) in [5, 5.41) is 9.81. The Balaban J connectivity index is 2.87. The lowest BCUT2D eigenvalue weighted by molar-refractivity contribution is 0.0762. The van der Waals surface area contributed by atoms with Crippen LogP contribution in [0.4, 0.5) is 0 Å². The van der Waals surface area contributed by atoms with E-state index in [1.807, 2.05) is 6.92 Å². The average Bonchev–Trinajstić information content (AvgIpc) is 2.39. The number of hydrogen-bond donors (Lipinski definition) is 1. The smallest absolute Gasteiger partial charge is 0.257 e. The number of halogens is 1. The molecule has 18 heavy (non-hydrogen) atoms. The Morgan fingerprint density at radius 1 is 1.50 bits per heavy atom. The van der Waals surface area contributed by atoms with E-state index in [-0.39, 0.29) is 17.2 Å². The van der Waals surface area contributed by atoms with Gasteiger partial charge in [0, 0.05) is 25.0 Å². The van der Waals surface area contributed by atoms with E-state index >= 15 is 0 Å². The van der Waals surface area contributed by atoms with Gasteiger partial charge in [0.1, 0.15) is 11.5 Å². The first kappa shape index (κ1) is 14.6. The molecule has 0 saturated heterocycles. The molecule has 0 unspecified atom stereocenters. The third kappa shape index (κ3) is 3.53. The normalized spacial score (nSPS) is 10.2. The van der Waals surface area contributed by atoms with Crippen LogP contribution in [0.5, 0.6) is 11.5 Å². The number of methoxy groups -OCH3 is 1. The molecule has 0 atom stereocenters. The van der Waals surface area contributed by atoms with E-state index in [1.54, 1.807) is 17.0 Å². The van der Waals surface area contributed by atoms with E-state index in [4.69, 9.17) is 16.3 Å². The second-order valence-corrected chi connectivity index (χ2v) is 4.19. The molecule has 4 nitrogen and oxygen atoms in total. The van der Waals surface area contributed by atoms with Gasteiger partial charge in [-0.25, -0.2) is 0 Å². The predicted octanol–water partition coefficient (Wildman–Crippen LogP) is 2.49. The predicted molar refractivity (Wildman–Crippen MR) is 71.6 cm³/mol. The van der Waals surface area contributed by atoms with Crippen LogP contribution >= 0.6 is 11.6 Å². The molecule has 0 bridgehead atoms. The molecule has 0 radical (unpaired) electrons. The highest BCUT2D eigenvalue weighted by atomic mass is 35.5. The minimum Gasteiger partial charge on any atom is -0.507 e. The molecule has 100 valence electrons. The zero-order valence-electron chi connectivity index (χ0n) is 10.6. The first-order valence-electron chi connectivity index (χ1n) is 5.86. The van der Waals surface area contributed by atoms with Gasteiger partial charge in [0.15, 0.2) is 0 Å². The fourth-order valence-corrected chi connectivity index (χ4v) is 1.76. The summed E-state index contributed by atoms with van der Waals surface area (Å²) in [5.41, 5.74) is 0.284. The molecule has 0 aromatic heterocycles. The molecule has 1 aromatic rings. The lowest BCUT2D eigenvalue weighted by Crippen LogP contribution is -2.32. The lowest BCUT2D eigenvalue weighted by atomic mass is 10.1. The second kappa shape index (κ2) is 7.11. The van der Waals surface area contributed by atoms with Crippen LogP contribution in [0, 0.1) is 0 Å². The number of ether oxygens (including phenoxy) is 1. The van der Waals surface area contributed by atoms with E-state index < -0.39 is 0 Å². The van der Waals surface area contributed by atoms with Crippen molar-refractivity contribution in [3.8, 4) is 11.5 Å². The molecule has 1 amide bonds. The summed E-state index contributed by atoms with van der Waals surface area (Å²) in [4.78, 5) is 13.8. The van der Waals surface area contributed by atoms with E-state index in [1.165, 1.54) is 13.2 Å². The molecular weight excluding hydrogens is 254 g/mol. The van der Waals surface area contributed by atoms with Gasteiger partial charge in [0.2, 0.25) is 0 Å². The van der Waals surface area contributed by atoms with Gasteiger partial charge in [0.05, 0.1) is 12.7 Å². The lowest BCUT2D eigenvalue weighted by Gasteiger charge is -2.21. The summed E-state index contributed by atoms with van der Waals surface area (Å²) in [6.07, 6.45) is 0.734. The van der Waals surface area contributed by atoms with Crippen LogP contribution < -0.4 is 4.74 Å². The number of carbonyl (C=O) groups excluding carboxylic acids is 1. The van der Waals surface area contributed by atoms with Crippen LogP contribution in [0.3, 0.4) is 0 Å². The topological polar surface area (TPSA) is 49.8 Å². The Labute approximate surface area is 112 Å². The minimum atomic E-state index is -0.192. The van der Waals surface area contributed by atoms with Crippen molar-refractivity contribution in [2.24, 2.45) is 0 Å². The van der Waals surface area contributed by atoms with Crippen molar-refractivity contribution >= 4 is 17.5 Å². The molecule has 0 aliphatic heterocycles. The quantitative estimate of drug-likeness (QED) is 0.809. The number of alkyl halides is 1. The van der Waals surface area contributed by atoms with Crippen LogP contribution in [0.1, 0.15) is 23.7 Å². The Hall–Kier alpha value is -1.42. The van der Waals surface area contributed by atoms with E-state index in [2.05, 4.69) is 0 Å². The molecule has 1 N–H and O–H groups in total. The van der Waals surface area contributed by atoms with Gasteiger partial charge in [-0.15, -0.1) is 11.6 Å². The first-order valence-corrected chi connectivity index (χ1v) is 6.39. The zero-order chi connectivity index (χ0) is 13.5. The molecule has 0 aliphatic carbocycles. The Bertz CT molecular complexity index is 409. The molecule has 5 heteroatoms. The van der Waals surface area contributed by atoms with Crippen molar-refractivity contribution in [1.82, 2.24) is 4.90 Å². The monoisotopic (exact) mass is 271 g/mol. The molecule has 0 spiro atoms. The van der Waals surface area contributed by atoms with Crippen LogP contribution in [0.15, 0.2) is 18.2 Å². The number of amides is 1. The number of rotatable bonds is 6. The van der Waals surface area contributed by atoms with Crippen LogP contribution in [0.25, 0.3) is 0 Å². The minimum absolute atomic E-state index is 0.0660. The van der Waals surface area contributed by atoms with Crippen LogP contribution in [0.2, 0.25) is 0 Å². The summed E-state index contributed by atoms with van der Waals surface area (Å²) in [7, 11) is 1.51. The maximum absolute atomic E-state index is 12.2. The maximum atomic E-state index is 12.2. The van der Waals surface area contributed by atoms with Gasteiger partial charge in [-0.3, -0.25) is 4.79 Å². The summed E-state index contributed by atoms with van der Waals surface area (Å²) in [6.45, 7) is 3.07. The standard InChI is InChI=1S/C13H18ClNO3/c1-3-15(8-4-7-14)13(17)11-6-5-10(18-2)9-12(11)16/h5-6,9,16H,3-4,7-8H2,1-2H3. The van der Waals surface area contributed by atoms with Gasteiger partial charge in [0.25, 0.3) is 5.91 Å². The molecule has 0 aliphatic rings. The Kier molecular flexibility index (Phi) is 5.78. The number of phenolic OH excluding ortho intramolecular Hbond substituents is 1. The van der Waals surface area contributed by atoms with Gasteiger partial charge in [-0.1, -0.05) is 0 Å². The Morgan fingerprint density at radius 3 is 2.72 bits per heavy atom. The summed E-state index contributed by atoms with van der Waals surface area (Å²) in [6, 6.07) is 4.66. The first-order chi connectivity index (χ1) is 8.63. The maximum Gasteiger partial charge on any atom is 0.257 e. The fourth-order valence-electron chi connectivity index (χ4n) is 1.64. The summed E-state index contributed by atoms with van der Waals surface area (Å²) in [5.74, 6) is 0.776. The highest BCUT2D eigenvalue weighted by Gasteiger charge is 2.17. The third-order valence-electron chi connectivity index (χ3n) is 2.67. The summed E-state index contributed by atoms with van der Waals surface area (Å²) >= 11 is 5.62. The summed E-state index contributed by atoms with van der Waals surface area (Å²) < 4.78 is 4.98. The van der Waals surface area contributed by atoms with Crippen molar-refractivity contribution in [2.75, 3.05) is 26.1 Å². The number of hydrogen-bond acceptors (Lipinski definition) is 3. The van der Waals surface area contributed by atoms with E-state index in [0.717, 1.165) is 6.42 Å². The Morgan fingerprint density at radius 2 is 2.22 bits per heavy atom. The zero-order valence-corrected chi connectivity index (χ0v) is 11.4. The van der Waals surface area contributed by atoms with E-state index in [9.17, 15) is 9.90 Å². The number of nitrogens with zero attached hydrogens (tertiary/aromatic N) is 1. The molecule has 0 heterocycles. The van der Waals surface area contributed by atoms with Crippen LogP contribution in [-0.4, -0.2) is 42.0 Å². The van der Waals surface area contributed by atoms with Gasteiger partial charge < -0.3 is 14.7 Å². The number of benzene rings is 1. The largest absolute Gasteiger partial charge is 0.507 e. The van der Waals surface area contributed by atoms with Crippen LogP contribution in [-0.2, 0) is 0 Å².